The highest BCUT2D eigenvalue weighted by Gasteiger charge is 2.61. The van der Waals surface area contributed by atoms with Crippen molar-refractivity contribution in [2.45, 2.75) is 104 Å². The van der Waals surface area contributed by atoms with Gasteiger partial charge in [-0.2, -0.15) is 4.57 Å². The number of rotatable bonds is 2. The molecule has 0 unspecified atom stereocenters. The average molecular weight is 417 g/mol. The Balaban J connectivity index is 1.41. The van der Waals surface area contributed by atoms with Crippen LogP contribution in [0.25, 0.3) is 0 Å². The van der Waals surface area contributed by atoms with E-state index in [1.807, 2.05) is 0 Å². The van der Waals surface area contributed by atoms with E-state index in [4.69, 9.17) is 4.74 Å². The summed E-state index contributed by atoms with van der Waals surface area (Å²) in [6.45, 7) is 12.5. The smallest absolute Gasteiger partial charge is 0.302 e. The molecule has 4 aliphatic carbocycles. The topological polar surface area (TPSA) is 30.2 Å². The Labute approximate surface area is 180 Å². The van der Waals surface area contributed by atoms with Crippen molar-refractivity contribution < 1.29 is 14.1 Å². The molecule has 7 atom stereocenters. The van der Waals surface area contributed by atoms with E-state index in [2.05, 4.69) is 43.6 Å². The molecule has 3 saturated carbocycles. The van der Waals surface area contributed by atoms with Crippen LogP contribution in [0.15, 0.2) is 0 Å². The standard InChI is InChI=1S/C25H38NO2S/c1-6-26-15(2)29-23-22(26)14-21-19-8-7-17-13-18(28-16(3)27)9-11-24(17,4)20(19)10-12-25(21,23)5/h17-21H,6-14H2,1-5H3/q+1/t17-,18-,19+,20-,21-,24-,25-/m0/s1. The SMILES string of the molecule is CC[n+]1c(C)sc2c1C[C@H]1[C@@H]3CC[C@H]4C[C@@H](OC(C)=O)CC[C@]4(C)[C@H]3CC[C@]21C. The maximum Gasteiger partial charge on any atom is 0.302 e. The van der Waals surface area contributed by atoms with Crippen molar-refractivity contribution in [2.75, 3.05) is 0 Å². The van der Waals surface area contributed by atoms with Crippen LogP contribution < -0.4 is 4.57 Å². The third-order valence-electron chi connectivity index (χ3n) is 9.81. The zero-order valence-electron chi connectivity index (χ0n) is 18.9. The minimum absolute atomic E-state index is 0.0997. The van der Waals surface area contributed by atoms with Gasteiger partial charge in [-0.25, -0.2) is 0 Å². The summed E-state index contributed by atoms with van der Waals surface area (Å²) in [7, 11) is 0. The largest absolute Gasteiger partial charge is 0.463 e. The molecule has 3 nitrogen and oxygen atoms in total. The number of carbonyl (C=O) groups excluding carboxylic acids is 1. The van der Waals surface area contributed by atoms with Crippen LogP contribution >= 0.6 is 11.3 Å². The highest BCUT2D eigenvalue weighted by Crippen LogP contribution is 2.66. The lowest BCUT2D eigenvalue weighted by Crippen LogP contribution is -2.54. The van der Waals surface area contributed by atoms with Gasteiger partial charge in [0.25, 0.3) is 0 Å². The number of esters is 1. The van der Waals surface area contributed by atoms with Crippen molar-refractivity contribution >= 4 is 17.3 Å². The number of aromatic nitrogens is 1. The lowest BCUT2D eigenvalue weighted by atomic mass is 9.45. The number of carbonyl (C=O) groups is 1. The van der Waals surface area contributed by atoms with Crippen LogP contribution in [0.2, 0.25) is 0 Å². The number of aryl methyl sites for hydroxylation is 1. The Hall–Kier alpha value is -0.900. The minimum atomic E-state index is -0.0997. The van der Waals surface area contributed by atoms with Crippen molar-refractivity contribution in [3.63, 3.8) is 0 Å². The maximum atomic E-state index is 11.5. The van der Waals surface area contributed by atoms with E-state index in [1.54, 1.807) is 17.5 Å². The Kier molecular flexibility index (Phi) is 4.70. The number of hydrogen-bond donors (Lipinski definition) is 0. The van der Waals surface area contributed by atoms with Crippen molar-refractivity contribution in [3.05, 3.63) is 15.6 Å². The van der Waals surface area contributed by atoms with Gasteiger partial charge >= 0.3 is 5.97 Å². The summed E-state index contributed by atoms with van der Waals surface area (Å²) in [5, 5.41) is 1.50. The second-order valence-corrected chi connectivity index (χ2v) is 12.2. The molecule has 1 heterocycles. The molecule has 0 spiro atoms. The molecule has 4 heteroatoms. The van der Waals surface area contributed by atoms with Gasteiger partial charge < -0.3 is 4.74 Å². The second kappa shape index (κ2) is 6.80. The number of fused-ring (bicyclic) bond motifs is 7. The first-order valence-corrected chi connectivity index (χ1v) is 12.8. The molecule has 160 valence electrons. The minimum Gasteiger partial charge on any atom is -0.463 e. The molecule has 4 aliphatic rings. The van der Waals surface area contributed by atoms with Crippen LogP contribution in [0, 0.1) is 36.0 Å². The van der Waals surface area contributed by atoms with Crippen molar-refractivity contribution in [1.82, 2.24) is 0 Å². The van der Waals surface area contributed by atoms with Gasteiger partial charge in [0.15, 0.2) is 5.69 Å². The molecule has 0 saturated heterocycles. The quantitative estimate of drug-likeness (QED) is 0.480. The Morgan fingerprint density at radius 1 is 1.17 bits per heavy atom. The van der Waals surface area contributed by atoms with Gasteiger partial charge in [-0.1, -0.05) is 25.2 Å². The molecule has 3 fully saturated rings. The first-order chi connectivity index (χ1) is 13.8. The summed E-state index contributed by atoms with van der Waals surface area (Å²) >= 11 is 2.09. The number of nitrogens with zero attached hydrogens (tertiary/aromatic N) is 1. The summed E-state index contributed by atoms with van der Waals surface area (Å²) in [4.78, 5) is 13.2. The van der Waals surface area contributed by atoms with Gasteiger partial charge in [0.05, 0.1) is 4.88 Å². The van der Waals surface area contributed by atoms with Crippen LogP contribution in [0.5, 0.6) is 0 Å². The highest BCUT2D eigenvalue weighted by atomic mass is 32.1. The molecule has 1 aromatic heterocycles. The first-order valence-electron chi connectivity index (χ1n) is 12.0. The van der Waals surface area contributed by atoms with Gasteiger partial charge in [0, 0.05) is 25.7 Å². The zero-order chi connectivity index (χ0) is 20.6. The Bertz CT molecular complexity index is 831. The molecule has 0 amide bonds. The lowest BCUT2D eigenvalue weighted by Gasteiger charge is -2.60. The van der Waals surface area contributed by atoms with Crippen LogP contribution in [0.4, 0.5) is 0 Å². The highest BCUT2D eigenvalue weighted by molar-refractivity contribution is 7.11. The molecule has 0 radical (unpaired) electrons. The first kappa shape index (κ1) is 20.0. The van der Waals surface area contributed by atoms with Gasteiger partial charge in [0.1, 0.15) is 12.6 Å². The summed E-state index contributed by atoms with van der Waals surface area (Å²) in [6, 6.07) is 0. The van der Waals surface area contributed by atoms with Crippen LogP contribution in [-0.2, 0) is 27.9 Å². The van der Waals surface area contributed by atoms with E-state index in [9.17, 15) is 4.79 Å². The van der Waals surface area contributed by atoms with Gasteiger partial charge in [-0.05, 0) is 81.0 Å². The lowest BCUT2D eigenvalue weighted by molar-refractivity contribution is -0.701. The summed E-state index contributed by atoms with van der Waals surface area (Å²) < 4.78 is 8.24. The summed E-state index contributed by atoms with van der Waals surface area (Å²) in [6.07, 6.45) is 10.4. The van der Waals surface area contributed by atoms with Gasteiger partial charge in [-0.3, -0.25) is 4.79 Å². The average Bonchev–Trinajstić information content (AvgIpc) is 3.13. The van der Waals surface area contributed by atoms with E-state index in [0.29, 0.717) is 10.8 Å². The fourth-order valence-electron chi connectivity index (χ4n) is 8.38. The predicted octanol–water partition coefficient (Wildman–Crippen LogP) is 5.35. The normalized spacial score (nSPS) is 43.1. The van der Waals surface area contributed by atoms with E-state index in [0.717, 1.165) is 43.1 Å². The van der Waals surface area contributed by atoms with Crippen LogP contribution in [-0.4, -0.2) is 12.1 Å². The molecular weight excluding hydrogens is 378 g/mol. The molecule has 0 aliphatic heterocycles. The third-order valence-corrected chi connectivity index (χ3v) is 11.2. The predicted molar refractivity (Wildman–Crippen MR) is 116 cm³/mol. The number of thiazole rings is 1. The summed E-state index contributed by atoms with van der Waals surface area (Å²) in [5.41, 5.74) is 2.53. The number of hydrogen-bond acceptors (Lipinski definition) is 3. The second-order valence-electron chi connectivity index (χ2n) is 11.0. The van der Waals surface area contributed by atoms with Gasteiger partial charge in [-0.15, -0.1) is 0 Å². The molecule has 5 rings (SSSR count). The van der Waals surface area contributed by atoms with E-state index < -0.39 is 0 Å². The van der Waals surface area contributed by atoms with E-state index >= 15 is 0 Å². The summed E-state index contributed by atoms with van der Waals surface area (Å²) in [5.74, 6) is 3.22. The third kappa shape index (κ3) is 2.80. The number of ether oxygens (including phenoxy) is 1. The van der Waals surface area contributed by atoms with Crippen molar-refractivity contribution in [2.24, 2.45) is 29.1 Å². The van der Waals surface area contributed by atoms with Crippen molar-refractivity contribution in [1.29, 1.82) is 0 Å². The van der Waals surface area contributed by atoms with E-state index in [1.165, 1.54) is 43.5 Å². The molecule has 0 aromatic carbocycles. The van der Waals surface area contributed by atoms with Crippen molar-refractivity contribution in [3.8, 4) is 0 Å². The maximum absolute atomic E-state index is 11.5. The molecule has 29 heavy (non-hydrogen) atoms. The van der Waals surface area contributed by atoms with Crippen LogP contribution in [0.3, 0.4) is 0 Å². The monoisotopic (exact) mass is 416 g/mol. The van der Waals surface area contributed by atoms with E-state index in [-0.39, 0.29) is 12.1 Å². The van der Waals surface area contributed by atoms with Crippen LogP contribution in [0.1, 0.15) is 88.2 Å². The zero-order valence-corrected chi connectivity index (χ0v) is 19.7. The molecule has 0 bridgehead atoms. The molecule has 0 N–H and O–H groups in total. The molecule has 1 aromatic rings. The fourth-order valence-corrected chi connectivity index (χ4v) is 9.83. The molecular formula is C25H38NO2S+. The fraction of sp³-hybridized carbons (Fsp3) is 0.840. The Morgan fingerprint density at radius 2 is 1.97 bits per heavy atom. The van der Waals surface area contributed by atoms with Gasteiger partial charge in [0.2, 0.25) is 5.01 Å². The Morgan fingerprint density at radius 3 is 2.69 bits per heavy atom.